The Morgan fingerprint density at radius 2 is 2.06 bits per heavy atom. The predicted octanol–water partition coefficient (Wildman–Crippen LogP) is 4.05. The summed E-state index contributed by atoms with van der Waals surface area (Å²) in [5, 5.41) is 1.93. The van der Waals surface area contributed by atoms with E-state index in [0.717, 1.165) is 23.3 Å². The van der Waals surface area contributed by atoms with Gasteiger partial charge in [-0.2, -0.15) is 0 Å². The number of carbonyl (C=O) groups is 1. The van der Waals surface area contributed by atoms with E-state index in [1.807, 2.05) is 41.8 Å². The molecule has 35 heavy (non-hydrogen) atoms. The molecule has 0 unspecified atom stereocenters. The third-order valence-electron chi connectivity index (χ3n) is 5.57. The maximum absolute atomic E-state index is 13.6. The highest BCUT2D eigenvalue weighted by molar-refractivity contribution is 7.10. The molecule has 0 bridgehead atoms. The first-order valence-electron chi connectivity index (χ1n) is 11.5. The zero-order valence-electron chi connectivity index (χ0n) is 20.2. The molecule has 0 amide bonds. The largest absolute Gasteiger partial charge is 0.493 e. The lowest BCUT2D eigenvalue weighted by Crippen LogP contribution is -2.39. The van der Waals surface area contributed by atoms with Gasteiger partial charge in [0.15, 0.2) is 16.3 Å². The molecule has 0 aliphatic carbocycles. The maximum Gasteiger partial charge on any atom is 0.338 e. The fourth-order valence-corrected chi connectivity index (χ4v) is 5.75. The summed E-state index contributed by atoms with van der Waals surface area (Å²) >= 11 is 2.79. The Labute approximate surface area is 211 Å². The van der Waals surface area contributed by atoms with Crippen molar-refractivity contribution in [2.75, 3.05) is 20.3 Å². The summed E-state index contributed by atoms with van der Waals surface area (Å²) in [6.45, 7) is 6.52. The average Bonchev–Trinajstić information content (AvgIpc) is 3.48. The van der Waals surface area contributed by atoms with Gasteiger partial charge in [-0.15, -0.1) is 11.3 Å². The van der Waals surface area contributed by atoms with Crippen LogP contribution in [-0.2, 0) is 9.53 Å². The summed E-state index contributed by atoms with van der Waals surface area (Å²) < 4.78 is 18.8. The van der Waals surface area contributed by atoms with Crippen LogP contribution >= 0.6 is 22.7 Å². The topological polar surface area (TPSA) is 79.1 Å². The number of hydrogen-bond acceptors (Lipinski definition) is 8. The molecule has 1 aliphatic rings. The number of ether oxygens (including phenoxy) is 3. The lowest BCUT2D eigenvalue weighted by atomic mass is 10.0. The van der Waals surface area contributed by atoms with Gasteiger partial charge in [-0.1, -0.05) is 36.8 Å². The van der Waals surface area contributed by atoms with Gasteiger partial charge in [-0.05, 0) is 55.5 Å². The molecule has 184 valence electrons. The monoisotopic (exact) mass is 512 g/mol. The number of fused-ring (bicyclic) bond motifs is 1. The quantitative estimate of drug-likeness (QED) is 0.319. The van der Waals surface area contributed by atoms with E-state index in [0.29, 0.717) is 38.7 Å². The number of nitrogens with zero attached hydrogens (tertiary/aromatic N) is 2. The average molecular weight is 513 g/mol. The highest BCUT2D eigenvalue weighted by Gasteiger charge is 2.33. The minimum absolute atomic E-state index is 0.205. The summed E-state index contributed by atoms with van der Waals surface area (Å²) in [5.74, 6) is 0.830. The molecular formula is C26H28N2O5S2. The molecule has 1 atom stereocenters. The number of unbranched alkanes of at least 4 members (excludes halogenated alkanes) is 1. The molecule has 1 aliphatic heterocycles. The van der Waals surface area contributed by atoms with E-state index in [1.54, 1.807) is 25.5 Å². The molecule has 0 spiro atoms. The summed E-state index contributed by atoms with van der Waals surface area (Å²) in [4.78, 5) is 32.5. The minimum Gasteiger partial charge on any atom is -0.493 e. The molecular weight excluding hydrogens is 484 g/mol. The molecule has 0 saturated heterocycles. The molecule has 0 N–H and O–H groups in total. The molecule has 9 heteroatoms. The van der Waals surface area contributed by atoms with Gasteiger partial charge in [-0.25, -0.2) is 9.79 Å². The molecule has 2 aromatic heterocycles. The zero-order valence-corrected chi connectivity index (χ0v) is 21.8. The van der Waals surface area contributed by atoms with Crippen LogP contribution in [0.3, 0.4) is 0 Å². The van der Waals surface area contributed by atoms with Crippen molar-refractivity contribution < 1.29 is 19.0 Å². The number of rotatable bonds is 9. The van der Waals surface area contributed by atoms with Gasteiger partial charge >= 0.3 is 5.97 Å². The Balaban J connectivity index is 1.80. The highest BCUT2D eigenvalue weighted by Crippen LogP contribution is 2.33. The van der Waals surface area contributed by atoms with E-state index in [-0.39, 0.29) is 12.2 Å². The number of methoxy groups -OCH3 is 1. The van der Waals surface area contributed by atoms with Gasteiger partial charge in [0.2, 0.25) is 0 Å². The standard InChI is InChI=1S/C26H28N2O5S2/c1-5-7-12-33-18-11-10-17(14-19(18)31-4)15-21-24(29)28-23(20-9-8-13-34-20)22(25(30)32-6-2)16(3)27-26(28)35-21/h8-11,13-15,23H,5-7,12H2,1-4H3/b21-15+/t23-/m0/s1. The molecule has 0 saturated carbocycles. The lowest BCUT2D eigenvalue weighted by molar-refractivity contribution is -0.139. The Hall–Kier alpha value is -3.17. The van der Waals surface area contributed by atoms with Gasteiger partial charge < -0.3 is 14.2 Å². The van der Waals surface area contributed by atoms with E-state index >= 15 is 0 Å². The summed E-state index contributed by atoms with van der Waals surface area (Å²) in [6.07, 6.45) is 3.83. The van der Waals surface area contributed by atoms with Crippen molar-refractivity contribution in [2.45, 2.75) is 39.7 Å². The predicted molar refractivity (Wildman–Crippen MR) is 138 cm³/mol. The highest BCUT2D eigenvalue weighted by atomic mass is 32.1. The molecule has 0 radical (unpaired) electrons. The van der Waals surface area contributed by atoms with E-state index in [2.05, 4.69) is 11.9 Å². The number of aromatic nitrogens is 1. The SMILES string of the molecule is CCCCOc1ccc(/C=c2/sc3n(c2=O)[C@@H](c2cccs2)C(C(=O)OCC)=C(C)N=3)cc1OC. The van der Waals surface area contributed by atoms with Crippen molar-refractivity contribution in [2.24, 2.45) is 4.99 Å². The van der Waals surface area contributed by atoms with Crippen molar-refractivity contribution in [1.29, 1.82) is 0 Å². The maximum atomic E-state index is 13.6. The first-order valence-corrected chi connectivity index (χ1v) is 13.2. The Morgan fingerprint density at radius 1 is 1.23 bits per heavy atom. The molecule has 3 aromatic rings. The van der Waals surface area contributed by atoms with E-state index in [9.17, 15) is 9.59 Å². The number of esters is 1. The first kappa shape index (κ1) is 24.9. The number of benzene rings is 1. The molecule has 1 aromatic carbocycles. The minimum atomic E-state index is -0.573. The van der Waals surface area contributed by atoms with Gasteiger partial charge in [-0.3, -0.25) is 9.36 Å². The van der Waals surface area contributed by atoms with Crippen LogP contribution in [0.25, 0.3) is 6.08 Å². The van der Waals surface area contributed by atoms with Crippen molar-refractivity contribution in [3.8, 4) is 11.5 Å². The van der Waals surface area contributed by atoms with Crippen molar-refractivity contribution in [3.05, 3.63) is 77.1 Å². The summed E-state index contributed by atoms with van der Waals surface area (Å²) in [6, 6.07) is 8.86. The third kappa shape index (κ3) is 5.11. The van der Waals surface area contributed by atoms with Crippen LogP contribution in [0.15, 0.2) is 56.8 Å². The molecule has 4 rings (SSSR count). The van der Waals surface area contributed by atoms with E-state index in [4.69, 9.17) is 14.2 Å². The number of hydrogen-bond donors (Lipinski definition) is 0. The van der Waals surface area contributed by atoms with Gasteiger partial charge in [0.25, 0.3) is 5.56 Å². The number of carbonyl (C=O) groups excluding carboxylic acids is 1. The van der Waals surface area contributed by atoms with Gasteiger partial charge in [0, 0.05) is 4.88 Å². The Morgan fingerprint density at radius 3 is 2.74 bits per heavy atom. The Kier molecular flexibility index (Phi) is 7.87. The summed E-state index contributed by atoms with van der Waals surface area (Å²) in [5.41, 5.74) is 1.56. The van der Waals surface area contributed by atoms with Crippen LogP contribution in [0.2, 0.25) is 0 Å². The normalized spacial score (nSPS) is 15.5. The second-order valence-electron chi connectivity index (χ2n) is 7.93. The fourth-order valence-electron chi connectivity index (χ4n) is 3.88. The lowest BCUT2D eigenvalue weighted by Gasteiger charge is -2.23. The molecule has 7 nitrogen and oxygen atoms in total. The zero-order chi connectivity index (χ0) is 24.9. The van der Waals surface area contributed by atoms with Crippen LogP contribution < -0.4 is 24.4 Å². The van der Waals surface area contributed by atoms with E-state index in [1.165, 1.54) is 22.7 Å². The number of thiophene rings is 1. The second-order valence-corrected chi connectivity index (χ2v) is 9.92. The van der Waals surface area contributed by atoms with Gasteiger partial charge in [0.1, 0.15) is 6.04 Å². The van der Waals surface area contributed by atoms with Crippen molar-refractivity contribution >= 4 is 34.7 Å². The van der Waals surface area contributed by atoms with Crippen LogP contribution in [0, 0.1) is 0 Å². The van der Waals surface area contributed by atoms with E-state index < -0.39 is 12.0 Å². The smallest absolute Gasteiger partial charge is 0.338 e. The van der Waals surface area contributed by atoms with Crippen LogP contribution in [0.1, 0.15) is 50.1 Å². The fraction of sp³-hybridized carbons (Fsp3) is 0.346. The molecule has 0 fully saturated rings. The first-order chi connectivity index (χ1) is 17.0. The third-order valence-corrected chi connectivity index (χ3v) is 7.48. The van der Waals surface area contributed by atoms with Crippen molar-refractivity contribution in [1.82, 2.24) is 4.57 Å². The molecule has 3 heterocycles. The van der Waals surface area contributed by atoms with Gasteiger partial charge in [0.05, 0.1) is 36.1 Å². The summed E-state index contributed by atoms with van der Waals surface area (Å²) in [7, 11) is 1.60. The van der Waals surface area contributed by atoms with Crippen LogP contribution in [-0.4, -0.2) is 30.9 Å². The van der Waals surface area contributed by atoms with Crippen LogP contribution in [0.5, 0.6) is 11.5 Å². The van der Waals surface area contributed by atoms with Crippen molar-refractivity contribution in [3.63, 3.8) is 0 Å². The Bertz CT molecular complexity index is 1420. The van der Waals surface area contributed by atoms with Crippen LogP contribution in [0.4, 0.5) is 0 Å². The second kappa shape index (κ2) is 11.0. The number of allylic oxidation sites excluding steroid dienone is 1. The number of thiazole rings is 1.